The second-order valence-electron chi connectivity index (χ2n) is 5.87. The third kappa shape index (κ3) is 4.07. The van der Waals surface area contributed by atoms with Crippen molar-refractivity contribution in [3.63, 3.8) is 0 Å². The number of nitrogens with one attached hydrogen (secondary N) is 1. The van der Waals surface area contributed by atoms with Crippen LogP contribution in [-0.4, -0.2) is 12.9 Å². The molecule has 0 fully saturated rings. The molecular formula is C19H17F2N3OS. The summed E-state index contributed by atoms with van der Waals surface area (Å²) in [4.78, 5) is -0.0189. The number of halogens is 2. The molecule has 0 heterocycles. The summed E-state index contributed by atoms with van der Waals surface area (Å²) in [5.74, 6) is -0.532. The molecule has 0 atom stereocenters. The lowest BCUT2D eigenvalue weighted by Crippen LogP contribution is -2.06. The van der Waals surface area contributed by atoms with Gasteiger partial charge in [0.15, 0.2) is 11.6 Å². The van der Waals surface area contributed by atoms with Gasteiger partial charge in [0, 0.05) is 17.5 Å². The van der Waals surface area contributed by atoms with Crippen LogP contribution in [0.5, 0.6) is 5.75 Å². The Morgan fingerprint density at radius 2 is 1.81 bits per heavy atom. The topological polar surface area (TPSA) is 68.8 Å². The van der Waals surface area contributed by atoms with Gasteiger partial charge in [-0.3, -0.25) is 0 Å². The zero-order chi connectivity index (χ0) is 19.3. The normalized spacial score (nSPS) is 10.3. The van der Waals surface area contributed by atoms with E-state index in [9.17, 15) is 14.0 Å². The summed E-state index contributed by atoms with van der Waals surface area (Å²) in [6.45, 7) is 3.90. The minimum Gasteiger partial charge on any atom is -0.497 e. The van der Waals surface area contributed by atoms with Crippen molar-refractivity contribution in [2.75, 3.05) is 18.2 Å². The molecule has 2 aromatic rings. The summed E-state index contributed by atoms with van der Waals surface area (Å²) in [7, 11) is 1.50. The van der Waals surface area contributed by atoms with Crippen molar-refractivity contribution in [1.29, 1.82) is 10.5 Å². The predicted octanol–water partition coefficient (Wildman–Crippen LogP) is 5.21. The van der Waals surface area contributed by atoms with E-state index in [1.54, 1.807) is 36.4 Å². The first-order valence-electron chi connectivity index (χ1n) is 7.81. The first kappa shape index (κ1) is 19.6. The van der Waals surface area contributed by atoms with Crippen LogP contribution in [0.4, 0.5) is 20.2 Å². The van der Waals surface area contributed by atoms with Crippen molar-refractivity contribution in [3.8, 4) is 17.9 Å². The molecule has 0 amide bonds. The van der Waals surface area contributed by atoms with Crippen LogP contribution in [0.3, 0.4) is 0 Å². The van der Waals surface area contributed by atoms with E-state index >= 15 is 0 Å². The Bertz CT molecular complexity index is 901. The number of thioether (sulfide) groups is 1. The number of methoxy groups -OCH3 is 1. The van der Waals surface area contributed by atoms with Crippen LogP contribution in [0.15, 0.2) is 29.2 Å². The van der Waals surface area contributed by atoms with Gasteiger partial charge in [0.2, 0.25) is 0 Å². The van der Waals surface area contributed by atoms with E-state index < -0.39 is 22.8 Å². The molecule has 0 aliphatic rings. The number of nitrogens with zero attached hydrogens (tertiary/aromatic N) is 2. The molecule has 0 saturated carbocycles. The Kier molecular flexibility index (Phi) is 6.43. The number of benzene rings is 2. The number of rotatable bonds is 6. The third-order valence-corrected chi connectivity index (χ3v) is 4.96. The van der Waals surface area contributed by atoms with Crippen LogP contribution in [0.25, 0.3) is 0 Å². The lowest BCUT2D eigenvalue weighted by molar-refractivity contribution is 0.415. The molecule has 26 heavy (non-hydrogen) atoms. The highest BCUT2D eigenvalue weighted by Crippen LogP contribution is 2.39. The molecule has 7 heteroatoms. The highest BCUT2D eigenvalue weighted by molar-refractivity contribution is 7.99. The van der Waals surface area contributed by atoms with Crippen molar-refractivity contribution in [3.05, 3.63) is 47.0 Å². The Labute approximate surface area is 155 Å². The van der Waals surface area contributed by atoms with E-state index in [4.69, 9.17) is 10.00 Å². The SMILES string of the molecule is COc1cccc(Nc2c(F)c(C#N)c(C#N)c(F)c2SCC(C)C)c1. The Balaban J connectivity index is 2.62. The molecule has 4 nitrogen and oxygen atoms in total. The largest absolute Gasteiger partial charge is 0.497 e. The fourth-order valence-corrected chi connectivity index (χ4v) is 3.23. The van der Waals surface area contributed by atoms with Crippen LogP contribution in [0, 0.1) is 40.2 Å². The van der Waals surface area contributed by atoms with E-state index in [-0.39, 0.29) is 16.5 Å². The number of anilines is 2. The summed E-state index contributed by atoms with van der Waals surface area (Å²) in [5, 5.41) is 21.2. The summed E-state index contributed by atoms with van der Waals surface area (Å²) in [5.41, 5.74) is -0.865. The maximum atomic E-state index is 14.9. The van der Waals surface area contributed by atoms with E-state index in [1.165, 1.54) is 7.11 Å². The van der Waals surface area contributed by atoms with Crippen molar-refractivity contribution >= 4 is 23.1 Å². The lowest BCUT2D eigenvalue weighted by atomic mass is 10.1. The molecule has 0 radical (unpaired) electrons. The number of hydrogen-bond donors (Lipinski definition) is 1. The molecule has 0 unspecified atom stereocenters. The standard InChI is InChI=1S/C19H17F2N3OS/c1-11(2)10-26-19-17(21)15(9-23)14(8-22)16(20)18(19)24-12-5-4-6-13(7-12)25-3/h4-7,11,24H,10H2,1-3H3. The maximum absolute atomic E-state index is 14.9. The molecule has 2 rings (SSSR count). The predicted molar refractivity (Wildman–Crippen MR) is 97.6 cm³/mol. The van der Waals surface area contributed by atoms with Crippen LogP contribution < -0.4 is 10.1 Å². The van der Waals surface area contributed by atoms with Gasteiger partial charge in [-0.25, -0.2) is 8.78 Å². The summed E-state index contributed by atoms with van der Waals surface area (Å²) < 4.78 is 34.9. The first-order chi connectivity index (χ1) is 12.4. The van der Waals surface area contributed by atoms with E-state index in [0.717, 1.165) is 11.8 Å². The lowest BCUT2D eigenvalue weighted by Gasteiger charge is -2.17. The van der Waals surface area contributed by atoms with Gasteiger partial charge in [0.1, 0.15) is 29.0 Å². The summed E-state index contributed by atoms with van der Waals surface area (Å²) in [6, 6.07) is 9.89. The van der Waals surface area contributed by atoms with Crippen molar-refractivity contribution < 1.29 is 13.5 Å². The van der Waals surface area contributed by atoms with Crippen LogP contribution >= 0.6 is 11.8 Å². The highest BCUT2D eigenvalue weighted by atomic mass is 32.2. The fourth-order valence-electron chi connectivity index (χ4n) is 2.22. The minimum atomic E-state index is -0.945. The quantitative estimate of drug-likeness (QED) is 0.704. The van der Waals surface area contributed by atoms with Gasteiger partial charge >= 0.3 is 0 Å². The Morgan fingerprint density at radius 3 is 2.38 bits per heavy atom. The van der Waals surface area contributed by atoms with E-state index in [0.29, 0.717) is 17.2 Å². The molecule has 2 aromatic carbocycles. The van der Waals surface area contributed by atoms with Gasteiger partial charge in [0.05, 0.1) is 17.7 Å². The molecule has 0 aliphatic carbocycles. The number of hydrogen-bond acceptors (Lipinski definition) is 5. The summed E-state index contributed by atoms with van der Waals surface area (Å²) >= 11 is 1.10. The third-order valence-electron chi connectivity index (χ3n) is 3.46. The zero-order valence-electron chi connectivity index (χ0n) is 14.6. The summed E-state index contributed by atoms with van der Waals surface area (Å²) in [6.07, 6.45) is 0. The molecule has 134 valence electrons. The average molecular weight is 373 g/mol. The number of ether oxygens (including phenoxy) is 1. The smallest absolute Gasteiger partial charge is 0.167 e. The van der Waals surface area contributed by atoms with Gasteiger partial charge < -0.3 is 10.1 Å². The highest BCUT2D eigenvalue weighted by Gasteiger charge is 2.25. The minimum absolute atomic E-state index is 0.0189. The van der Waals surface area contributed by atoms with Crippen LogP contribution in [-0.2, 0) is 0 Å². The Morgan fingerprint density at radius 1 is 1.15 bits per heavy atom. The molecule has 0 aliphatic heterocycles. The second-order valence-corrected chi connectivity index (χ2v) is 6.90. The molecule has 0 bridgehead atoms. The number of nitriles is 2. The average Bonchev–Trinajstić information content (AvgIpc) is 2.63. The van der Waals surface area contributed by atoms with Gasteiger partial charge in [-0.1, -0.05) is 19.9 Å². The first-order valence-corrected chi connectivity index (χ1v) is 8.80. The van der Waals surface area contributed by atoms with Gasteiger partial charge in [-0.05, 0) is 18.1 Å². The van der Waals surface area contributed by atoms with E-state index in [1.807, 2.05) is 13.8 Å². The van der Waals surface area contributed by atoms with Crippen LogP contribution in [0.2, 0.25) is 0 Å². The van der Waals surface area contributed by atoms with Gasteiger partial charge in [-0.2, -0.15) is 10.5 Å². The molecular weight excluding hydrogens is 356 g/mol. The van der Waals surface area contributed by atoms with Gasteiger partial charge in [-0.15, -0.1) is 11.8 Å². The second kappa shape index (κ2) is 8.55. The maximum Gasteiger partial charge on any atom is 0.167 e. The van der Waals surface area contributed by atoms with Gasteiger partial charge in [0.25, 0.3) is 0 Å². The van der Waals surface area contributed by atoms with E-state index in [2.05, 4.69) is 5.32 Å². The molecule has 0 saturated heterocycles. The Hall–Kier alpha value is -2.77. The molecule has 0 spiro atoms. The zero-order valence-corrected chi connectivity index (χ0v) is 15.4. The fraction of sp³-hybridized carbons (Fsp3) is 0.263. The monoisotopic (exact) mass is 373 g/mol. The van der Waals surface area contributed by atoms with Crippen molar-refractivity contribution in [2.24, 2.45) is 5.92 Å². The van der Waals surface area contributed by atoms with Crippen molar-refractivity contribution in [2.45, 2.75) is 18.7 Å². The molecule has 0 aromatic heterocycles. The molecule has 1 N–H and O–H groups in total. The van der Waals surface area contributed by atoms with Crippen LogP contribution in [0.1, 0.15) is 25.0 Å². The van der Waals surface area contributed by atoms with Crippen molar-refractivity contribution in [1.82, 2.24) is 0 Å².